The minimum absolute atomic E-state index is 0.196. The first-order valence-electron chi connectivity index (χ1n) is 10.8. The van der Waals surface area contributed by atoms with Crippen molar-refractivity contribution >= 4 is 46.5 Å². The highest BCUT2D eigenvalue weighted by atomic mass is 32.2. The third-order valence-corrected chi connectivity index (χ3v) is 5.71. The van der Waals surface area contributed by atoms with Crippen molar-refractivity contribution in [2.45, 2.75) is 24.5 Å². The molecule has 1 amide bonds. The molecule has 3 aromatic carbocycles. The van der Waals surface area contributed by atoms with Gasteiger partial charge in [-0.2, -0.15) is 13.8 Å². The lowest BCUT2D eigenvalue weighted by Gasteiger charge is -2.12. The van der Waals surface area contributed by atoms with Crippen LogP contribution in [-0.4, -0.2) is 21.6 Å². The zero-order valence-corrected chi connectivity index (χ0v) is 19.9. The Morgan fingerprint density at radius 3 is 2.17 bits per heavy atom. The van der Waals surface area contributed by atoms with Gasteiger partial charge < -0.3 is 16.0 Å². The van der Waals surface area contributed by atoms with Gasteiger partial charge in [-0.1, -0.05) is 41.6 Å². The number of thioether (sulfide) groups is 1. The van der Waals surface area contributed by atoms with Crippen molar-refractivity contribution in [1.82, 2.24) is 9.97 Å². The first-order valence-corrected chi connectivity index (χ1v) is 11.7. The van der Waals surface area contributed by atoms with Crippen LogP contribution in [0.1, 0.15) is 21.6 Å². The molecule has 0 unspecified atom stereocenters. The topological polar surface area (TPSA) is 78.9 Å². The van der Waals surface area contributed by atoms with Gasteiger partial charge in [0.15, 0.2) is 0 Å². The molecule has 3 N–H and O–H groups in total. The summed E-state index contributed by atoms with van der Waals surface area (Å²) in [4.78, 5) is 21.8. The molecule has 0 fully saturated rings. The second-order valence-corrected chi connectivity index (χ2v) is 8.77. The van der Waals surface area contributed by atoms with Gasteiger partial charge in [-0.25, -0.2) is 4.98 Å². The summed E-state index contributed by atoms with van der Waals surface area (Å²) in [5.41, 5.74) is 4.34. The van der Waals surface area contributed by atoms with Crippen LogP contribution < -0.4 is 16.0 Å². The summed E-state index contributed by atoms with van der Waals surface area (Å²) in [5.74, 6) is -1.98. The van der Waals surface area contributed by atoms with E-state index in [2.05, 4.69) is 25.9 Å². The molecule has 0 atom stereocenters. The smallest absolute Gasteiger partial charge is 0.288 e. The molecular weight excluding hydrogens is 468 g/mol. The second kappa shape index (κ2) is 11.0. The summed E-state index contributed by atoms with van der Waals surface area (Å²) in [6.45, 7) is 3.92. The Morgan fingerprint density at radius 2 is 1.46 bits per heavy atom. The molecule has 9 heteroatoms. The number of carbonyl (C=O) groups excluding carboxylic acids is 1. The SMILES string of the molecule is Cc1ccc(Nc2cc(C)nc(Nc3ccc(NC(=O)c4ccccc4SC(F)F)cc3)n2)cc1. The van der Waals surface area contributed by atoms with Gasteiger partial charge in [0.1, 0.15) is 5.82 Å². The molecule has 178 valence electrons. The van der Waals surface area contributed by atoms with Gasteiger partial charge in [0.25, 0.3) is 11.7 Å². The summed E-state index contributed by atoms with van der Waals surface area (Å²) < 4.78 is 25.6. The summed E-state index contributed by atoms with van der Waals surface area (Å²) in [5, 5.41) is 9.18. The predicted molar refractivity (Wildman–Crippen MR) is 137 cm³/mol. The monoisotopic (exact) mass is 491 g/mol. The van der Waals surface area contributed by atoms with E-state index in [1.807, 2.05) is 44.2 Å². The molecule has 0 aliphatic rings. The number of halogens is 2. The van der Waals surface area contributed by atoms with Crippen molar-refractivity contribution in [1.29, 1.82) is 0 Å². The molecule has 0 saturated heterocycles. The Kier molecular flexibility index (Phi) is 7.57. The maximum atomic E-state index is 12.8. The molecule has 0 aliphatic carbocycles. The summed E-state index contributed by atoms with van der Waals surface area (Å²) in [6.07, 6.45) is 0. The van der Waals surface area contributed by atoms with Gasteiger partial charge in [0.2, 0.25) is 5.95 Å². The minimum atomic E-state index is -2.61. The number of benzene rings is 3. The van der Waals surface area contributed by atoms with Crippen LogP contribution in [0.25, 0.3) is 0 Å². The lowest BCUT2D eigenvalue weighted by molar-refractivity contribution is 0.102. The Balaban J connectivity index is 1.43. The number of hydrogen-bond acceptors (Lipinski definition) is 6. The van der Waals surface area contributed by atoms with E-state index in [1.165, 1.54) is 17.7 Å². The largest absolute Gasteiger partial charge is 0.340 e. The fraction of sp³-hybridized carbons (Fsp3) is 0.115. The van der Waals surface area contributed by atoms with Crippen LogP contribution in [0.15, 0.2) is 83.8 Å². The molecule has 6 nitrogen and oxygen atoms in total. The molecule has 1 aromatic heterocycles. The van der Waals surface area contributed by atoms with Gasteiger partial charge in [0.05, 0.1) is 5.56 Å². The maximum absolute atomic E-state index is 12.8. The number of anilines is 5. The van der Waals surface area contributed by atoms with Crippen LogP contribution in [0.2, 0.25) is 0 Å². The third-order valence-electron chi connectivity index (χ3n) is 4.92. The van der Waals surface area contributed by atoms with E-state index in [-0.39, 0.29) is 10.5 Å². The predicted octanol–water partition coefficient (Wildman–Crippen LogP) is 7.15. The lowest BCUT2D eigenvalue weighted by atomic mass is 10.2. The highest BCUT2D eigenvalue weighted by Crippen LogP contribution is 2.29. The fourth-order valence-corrected chi connectivity index (χ4v) is 3.93. The quantitative estimate of drug-likeness (QED) is 0.227. The highest BCUT2D eigenvalue weighted by molar-refractivity contribution is 7.99. The fourth-order valence-electron chi connectivity index (χ4n) is 3.29. The first kappa shape index (κ1) is 24.2. The molecule has 0 saturated carbocycles. The number of rotatable bonds is 8. The molecule has 1 heterocycles. The van der Waals surface area contributed by atoms with E-state index in [4.69, 9.17) is 0 Å². The van der Waals surface area contributed by atoms with E-state index in [9.17, 15) is 13.6 Å². The molecule has 0 spiro atoms. The zero-order valence-electron chi connectivity index (χ0n) is 19.0. The standard InChI is InChI=1S/C26H23F2N5OS/c1-16-7-9-18(10-8-16)30-23-15-17(2)29-26(33-23)32-20-13-11-19(12-14-20)31-24(34)21-5-3-4-6-22(21)35-25(27)28/h3-15,25H,1-2H3,(H,31,34)(H2,29,30,32,33). The van der Waals surface area contributed by atoms with Crippen molar-refractivity contribution in [2.24, 2.45) is 0 Å². The highest BCUT2D eigenvalue weighted by Gasteiger charge is 2.15. The molecule has 0 radical (unpaired) electrons. The first-order chi connectivity index (χ1) is 16.9. The number of nitrogens with zero attached hydrogens (tertiary/aromatic N) is 2. The zero-order chi connectivity index (χ0) is 24.8. The number of aryl methyl sites for hydroxylation is 2. The van der Waals surface area contributed by atoms with Crippen LogP contribution in [0.4, 0.5) is 37.6 Å². The molecule has 0 bridgehead atoms. The van der Waals surface area contributed by atoms with Gasteiger partial charge in [-0.3, -0.25) is 4.79 Å². The van der Waals surface area contributed by atoms with Gasteiger partial charge >= 0.3 is 0 Å². The number of hydrogen-bond donors (Lipinski definition) is 3. The maximum Gasteiger partial charge on any atom is 0.288 e. The van der Waals surface area contributed by atoms with Gasteiger partial charge in [-0.15, -0.1) is 0 Å². The van der Waals surface area contributed by atoms with Crippen molar-refractivity contribution in [3.63, 3.8) is 0 Å². The summed E-state index contributed by atoms with van der Waals surface area (Å²) >= 11 is 0.348. The Labute approximate surface area is 206 Å². The molecular formula is C26H23F2N5OS. The minimum Gasteiger partial charge on any atom is -0.340 e. The molecule has 35 heavy (non-hydrogen) atoms. The van der Waals surface area contributed by atoms with E-state index in [1.54, 1.807) is 36.4 Å². The number of amides is 1. The van der Waals surface area contributed by atoms with Crippen molar-refractivity contribution < 1.29 is 13.6 Å². The third kappa shape index (κ3) is 6.77. The molecule has 0 aliphatic heterocycles. The van der Waals surface area contributed by atoms with Crippen molar-refractivity contribution in [2.75, 3.05) is 16.0 Å². The average Bonchev–Trinajstić information content (AvgIpc) is 2.81. The number of aromatic nitrogens is 2. The van der Waals surface area contributed by atoms with Crippen molar-refractivity contribution in [3.05, 3.63) is 95.7 Å². The summed E-state index contributed by atoms with van der Waals surface area (Å²) in [7, 11) is 0. The Hall–Kier alpha value is -3.98. The van der Waals surface area contributed by atoms with Crippen LogP contribution in [0, 0.1) is 13.8 Å². The molecule has 4 aromatic rings. The normalized spacial score (nSPS) is 10.8. The van der Waals surface area contributed by atoms with Crippen LogP contribution in [0.3, 0.4) is 0 Å². The number of nitrogens with one attached hydrogen (secondary N) is 3. The lowest BCUT2D eigenvalue weighted by Crippen LogP contribution is -2.13. The Morgan fingerprint density at radius 1 is 0.829 bits per heavy atom. The summed E-state index contributed by atoms with van der Waals surface area (Å²) in [6, 6.07) is 23.1. The Bertz CT molecular complexity index is 1310. The van der Waals surface area contributed by atoms with E-state index in [0.29, 0.717) is 29.2 Å². The van der Waals surface area contributed by atoms with Crippen LogP contribution in [0.5, 0.6) is 0 Å². The van der Waals surface area contributed by atoms with E-state index < -0.39 is 11.7 Å². The van der Waals surface area contributed by atoms with E-state index >= 15 is 0 Å². The van der Waals surface area contributed by atoms with Gasteiger partial charge in [-0.05, 0) is 62.4 Å². The number of alkyl halides is 2. The molecule has 4 rings (SSSR count). The van der Waals surface area contributed by atoms with Crippen LogP contribution >= 0.6 is 11.8 Å². The average molecular weight is 492 g/mol. The van der Waals surface area contributed by atoms with Crippen LogP contribution in [-0.2, 0) is 0 Å². The van der Waals surface area contributed by atoms with E-state index in [0.717, 1.165) is 17.1 Å². The second-order valence-electron chi connectivity index (χ2n) is 7.74. The van der Waals surface area contributed by atoms with Crippen molar-refractivity contribution in [3.8, 4) is 0 Å². The van der Waals surface area contributed by atoms with Gasteiger partial charge in [0, 0.05) is 33.7 Å². The number of carbonyl (C=O) groups is 1.